The predicted octanol–water partition coefficient (Wildman–Crippen LogP) is 3.47. The smallest absolute Gasteiger partial charge is 0.334 e. The van der Waals surface area contributed by atoms with E-state index in [9.17, 15) is 19.7 Å². The second-order valence-electron chi connectivity index (χ2n) is 9.66. The molecule has 1 saturated heterocycles. The molecule has 2 amide bonds. The quantitative estimate of drug-likeness (QED) is 0.281. The highest BCUT2D eigenvalue weighted by molar-refractivity contribution is 5.94. The molecule has 0 bridgehead atoms. The van der Waals surface area contributed by atoms with Gasteiger partial charge in [-0.25, -0.2) is 4.98 Å². The first-order valence-electron chi connectivity index (χ1n) is 13.3. The third-order valence-electron chi connectivity index (χ3n) is 6.93. The van der Waals surface area contributed by atoms with Gasteiger partial charge >= 0.3 is 5.69 Å². The van der Waals surface area contributed by atoms with Gasteiger partial charge < -0.3 is 29.9 Å². The van der Waals surface area contributed by atoms with Crippen LogP contribution in [0.15, 0.2) is 60.8 Å². The molecule has 0 spiro atoms. The second kappa shape index (κ2) is 13.0. The lowest BCUT2D eigenvalue weighted by Crippen LogP contribution is -2.57. The fraction of sp³-hybridized carbons (Fsp3) is 0.345. The van der Waals surface area contributed by atoms with Crippen LogP contribution in [-0.2, 0) is 11.3 Å². The Bertz CT molecular complexity index is 1400. The predicted molar refractivity (Wildman–Crippen MR) is 155 cm³/mol. The van der Waals surface area contributed by atoms with Crippen molar-refractivity contribution >= 4 is 29.0 Å². The van der Waals surface area contributed by atoms with E-state index >= 15 is 0 Å². The van der Waals surface area contributed by atoms with Gasteiger partial charge in [-0.05, 0) is 43.7 Å². The fourth-order valence-corrected chi connectivity index (χ4v) is 4.79. The van der Waals surface area contributed by atoms with Gasteiger partial charge in [-0.15, -0.1) is 0 Å². The summed E-state index contributed by atoms with van der Waals surface area (Å²) in [6, 6.07) is 15.7. The van der Waals surface area contributed by atoms with Crippen LogP contribution in [0, 0.1) is 10.1 Å². The van der Waals surface area contributed by atoms with Crippen LogP contribution in [0.3, 0.4) is 0 Å². The highest BCUT2D eigenvalue weighted by Crippen LogP contribution is 2.35. The Hall–Kier alpha value is -4.87. The molecule has 0 aliphatic carbocycles. The lowest BCUT2D eigenvalue weighted by atomic mass is 10.1. The van der Waals surface area contributed by atoms with Crippen LogP contribution in [0.25, 0.3) is 0 Å². The molecule has 1 aliphatic heterocycles. The molecule has 216 valence electrons. The van der Waals surface area contributed by atoms with Gasteiger partial charge in [0.05, 0.1) is 12.0 Å². The number of nitrogens with zero attached hydrogens (tertiary/aromatic N) is 4. The number of ether oxygens (including phenoxy) is 2. The molecule has 12 nitrogen and oxygen atoms in total. The average molecular weight is 563 g/mol. The van der Waals surface area contributed by atoms with Crippen LogP contribution in [0.4, 0.5) is 17.2 Å². The first kappa shape index (κ1) is 29.1. The van der Waals surface area contributed by atoms with E-state index in [2.05, 4.69) is 15.6 Å². The van der Waals surface area contributed by atoms with Gasteiger partial charge in [-0.2, -0.15) is 0 Å². The summed E-state index contributed by atoms with van der Waals surface area (Å²) in [5, 5.41) is 17.8. The SMILES string of the molecule is CNC(=O)c1ccc(O[C@@H](C)C(=O)N2CCN(c3nccc(NCc4ccccc4)c3[N+](=O)[O-])C[C@H]2C)c(OC)c1. The van der Waals surface area contributed by atoms with Crippen molar-refractivity contribution in [3.63, 3.8) is 0 Å². The summed E-state index contributed by atoms with van der Waals surface area (Å²) in [7, 11) is 3.00. The summed E-state index contributed by atoms with van der Waals surface area (Å²) in [6.07, 6.45) is 0.720. The number of benzene rings is 2. The molecular formula is C29H34N6O6. The number of carbonyl (C=O) groups excluding carboxylic acids is 2. The molecule has 1 fully saturated rings. The summed E-state index contributed by atoms with van der Waals surface area (Å²) in [5.41, 5.74) is 1.69. The van der Waals surface area contributed by atoms with E-state index in [-0.39, 0.29) is 29.4 Å². The van der Waals surface area contributed by atoms with Crippen molar-refractivity contribution in [1.82, 2.24) is 15.2 Å². The fourth-order valence-electron chi connectivity index (χ4n) is 4.79. The van der Waals surface area contributed by atoms with Crippen LogP contribution >= 0.6 is 0 Å². The Morgan fingerprint density at radius 3 is 2.56 bits per heavy atom. The third kappa shape index (κ3) is 6.65. The van der Waals surface area contributed by atoms with Crippen molar-refractivity contribution in [2.45, 2.75) is 32.5 Å². The minimum Gasteiger partial charge on any atom is -0.493 e. The van der Waals surface area contributed by atoms with E-state index in [1.54, 1.807) is 42.3 Å². The molecule has 0 radical (unpaired) electrons. The van der Waals surface area contributed by atoms with Gasteiger partial charge in [-0.3, -0.25) is 19.7 Å². The average Bonchev–Trinajstić information content (AvgIpc) is 2.99. The van der Waals surface area contributed by atoms with Crippen molar-refractivity contribution in [2.24, 2.45) is 0 Å². The number of anilines is 2. The highest BCUT2D eigenvalue weighted by atomic mass is 16.6. The Labute approximate surface area is 238 Å². The molecule has 3 aromatic rings. The van der Waals surface area contributed by atoms with Gasteiger partial charge in [0, 0.05) is 51.0 Å². The summed E-state index contributed by atoms with van der Waals surface area (Å²) in [4.78, 5) is 44.9. The Balaban J connectivity index is 1.44. The van der Waals surface area contributed by atoms with E-state index in [0.717, 1.165) is 5.56 Å². The molecule has 4 rings (SSSR count). The summed E-state index contributed by atoms with van der Waals surface area (Å²) >= 11 is 0. The topological polar surface area (TPSA) is 139 Å². The van der Waals surface area contributed by atoms with Gasteiger partial charge in [0.15, 0.2) is 17.6 Å². The lowest BCUT2D eigenvalue weighted by molar-refractivity contribution is -0.383. The van der Waals surface area contributed by atoms with Gasteiger partial charge in [-0.1, -0.05) is 30.3 Å². The summed E-state index contributed by atoms with van der Waals surface area (Å²) < 4.78 is 11.3. The first-order chi connectivity index (χ1) is 19.7. The van der Waals surface area contributed by atoms with Crippen molar-refractivity contribution in [1.29, 1.82) is 0 Å². The number of nitro groups is 1. The van der Waals surface area contributed by atoms with Crippen LogP contribution in [0.2, 0.25) is 0 Å². The number of hydrogen-bond donors (Lipinski definition) is 2. The Morgan fingerprint density at radius 1 is 1.15 bits per heavy atom. The Morgan fingerprint density at radius 2 is 1.90 bits per heavy atom. The number of pyridine rings is 1. The van der Waals surface area contributed by atoms with E-state index in [1.807, 2.05) is 42.2 Å². The number of nitrogens with one attached hydrogen (secondary N) is 2. The standard InChI is InChI=1S/C29H34N6O6/c1-19-18-33(27-26(35(38)39)23(12-13-31-27)32-17-21-8-6-5-7-9-21)14-15-34(19)29(37)20(2)41-24-11-10-22(28(36)30-3)16-25(24)40-4/h5-13,16,19-20H,14-15,17-18H2,1-4H3,(H,30,36)(H,31,32)/t19-,20+/m1/s1. The highest BCUT2D eigenvalue weighted by Gasteiger charge is 2.35. The van der Waals surface area contributed by atoms with Crippen LogP contribution < -0.4 is 25.0 Å². The minimum atomic E-state index is -0.832. The van der Waals surface area contributed by atoms with Crippen LogP contribution in [-0.4, -0.2) is 72.6 Å². The monoisotopic (exact) mass is 562 g/mol. The van der Waals surface area contributed by atoms with Crippen LogP contribution in [0.5, 0.6) is 11.5 Å². The van der Waals surface area contributed by atoms with Crippen molar-refractivity contribution in [3.05, 3.63) is 82.0 Å². The normalized spacial score (nSPS) is 15.6. The number of piperazine rings is 1. The van der Waals surface area contributed by atoms with Gasteiger partial charge in [0.1, 0.15) is 5.69 Å². The molecular weight excluding hydrogens is 528 g/mol. The molecule has 2 aromatic carbocycles. The van der Waals surface area contributed by atoms with E-state index in [0.29, 0.717) is 48.9 Å². The largest absolute Gasteiger partial charge is 0.493 e. The van der Waals surface area contributed by atoms with E-state index in [1.165, 1.54) is 14.2 Å². The number of amides is 2. The van der Waals surface area contributed by atoms with E-state index in [4.69, 9.17) is 9.47 Å². The molecule has 1 aliphatic rings. The maximum absolute atomic E-state index is 13.4. The minimum absolute atomic E-state index is 0.0978. The number of methoxy groups -OCH3 is 1. The van der Waals surface area contributed by atoms with Gasteiger partial charge in [0.25, 0.3) is 11.8 Å². The summed E-state index contributed by atoms with van der Waals surface area (Å²) in [6.45, 7) is 5.03. The van der Waals surface area contributed by atoms with Crippen LogP contribution in [0.1, 0.15) is 29.8 Å². The molecule has 2 N–H and O–H groups in total. The maximum atomic E-state index is 13.4. The third-order valence-corrected chi connectivity index (χ3v) is 6.93. The molecule has 2 atom stereocenters. The van der Waals surface area contributed by atoms with E-state index < -0.39 is 11.0 Å². The molecule has 0 unspecified atom stereocenters. The first-order valence-corrected chi connectivity index (χ1v) is 13.3. The lowest BCUT2D eigenvalue weighted by Gasteiger charge is -2.41. The number of hydrogen-bond acceptors (Lipinski definition) is 9. The van der Waals surface area contributed by atoms with Crippen molar-refractivity contribution in [2.75, 3.05) is 44.0 Å². The zero-order valence-electron chi connectivity index (χ0n) is 23.5. The molecule has 12 heteroatoms. The Kier molecular flexibility index (Phi) is 9.23. The van der Waals surface area contributed by atoms with Crippen molar-refractivity contribution < 1.29 is 24.0 Å². The number of rotatable bonds is 10. The van der Waals surface area contributed by atoms with Gasteiger partial charge in [0.2, 0.25) is 5.82 Å². The second-order valence-corrected chi connectivity index (χ2v) is 9.66. The zero-order chi connectivity index (χ0) is 29.5. The number of carbonyl (C=O) groups is 2. The molecule has 1 aromatic heterocycles. The maximum Gasteiger partial charge on any atom is 0.334 e. The van der Waals surface area contributed by atoms with Crippen molar-refractivity contribution in [3.8, 4) is 11.5 Å². The molecule has 0 saturated carbocycles. The summed E-state index contributed by atoms with van der Waals surface area (Å²) in [5.74, 6) is 0.445. The zero-order valence-corrected chi connectivity index (χ0v) is 23.5. The number of aromatic nitrogens is 1. The molecule has 2 heterocycles. The molecule has 41 heavy (non-hydrogen) atoms.